The van der Waals surface area contributed by atoms with E-state index in [1.807, 2.05) is 0 Å². The molecule has 0 aromatic carbocycles. The molecule has 1 rings (SSSR count). The van der Waals surface area contributed by atoms with Crippen molar-refractivity contribution >= 4 is 0 Å². The van der Waals surface area contributed by atoms with E-state index in [0.717, 1.165) is 6.42 Å². The Bertz CT molecular complexity index is 106. The quantitative estimate of drug-likeness (QED) is 0.592. The van der Waals surface area contributed by atoms with Gasteiger partial charge in [0.1, 0.15) is 0 Å². The summed E-state index contributed by atoms with van der Waals surface area (Å²) in [6.45, 7) is 10.1. The van der Waals surface area contributed by atoms with Crippen molar-refractivity contribution in [1.29, 1.82) is 0 Å². The summed E-state index contributed by atoms with van der Waals surface area (Å²) in [6.07, 6.45) is 2.36. The van der Waals surface area contributed by atoms with E-state index in [2.05, 4.69) is 19.3 Å². The predicted molar refractivity (Wildman–Crippen MR) is 48.2 cm³/mol. The first-order valence-corrected chi connectivity index (χ1v) is 4.60. The molecule has 1 radical (unpaired) electrons. The number of nitrogens with one attached hydrogen (secondary N) is 1. The van der Waals surface area contributed by atoms with Crippen molar-refractivity contribution in [3.05, 3.63) is 6.92 Å². The van der Waals surface area contributed by atoms with Gasteiger partial charge < -0.3 is 9.80 Å². The Balaban J connectivity index is 2.25. The monoisotopic (exact) mass is 156 g/mol. The lowest BCUT2D eigenvalue weighted by atomic mass is 10.2. The van der Waals surface area contributed by atoms with Crippen LogP contribution in [0.3, 0.4) is 0 Å². The molecule has 1 fully saturated rings. The molecule has 0 atom stereocenters. The third-order valence-electron chi connectivity index (χ3n) is 2.60. The van der Waals surface area contributed by atoms with Gasteiger partial charge in [-0.1, -0.05) is 6.92 Å². The maximum Gasteiger partial charge on any atom is 0.0911 e. The molecule has 0 aliphatic carbocycles. The molecule has 2 nitrogen and oxygen atoms in total. The van der Waals surface area contributed by atoms with E-state index in [0.29, 0.717) is 0 Å². The van der Waals surface area contributed by atoms with Crippen LogP contribution >= 0.6 is 0 Å². The summed E-state index contributed by atoms with van der Waals surface area (Å²) in [5.74, 6) is 0. The van der Waals surface area contributed by atoms with Gasteiger partial charge in [0.2, 0.25) is 0 Å². The van der Waals surface area contributed by atoms with Gasteiger partial charge in [-0.05, 0) is 12.8 Å². The Labute approximate surface area is 70.2 Å². The van der Waals surface area contributed by atoms with Crippen molar-refractivity contribution in [2.75, 3.05) is 39.8 Å². The van der Waals surface area contributed by atoms with Gasteiger partial charge in [0, 0.05) is 13.1 Å². The molecule has 0 bridgehead atoms. The van der Waals surface area contributed by atoms with E-state index in [-0.39, 0.29) is 0 Å². The first-order valence-electron chi connectivity index (χ1n) is 4.60. The number of unbranched alkanes of at least 4 members (excludes halogenated alkanes) is 1. The first-order chi connectivity index (χ1) is 5.27. The van der Waals surface area contributed by atoms with Crippen LogP contribution in [0.25, 0.3) is 0 Å². The summed E-state index contributed by atoms with van der Waals surface area (Å²) >= 11 is 0. The topological polar surface area (TPSA) is 12.0 Å². The van der Waals surface area contributed by atoms with Crippen LogP contribution in [0.15, 0.2) is 0 Å². The fraction of sp³-hybridized carbons (Fsp3) is 0.889. The maximum absolute atomic E-state index is 3.88. The molecule has 0 spiro atoms. The van der Waals surface area contributed by atoms with Crippen molar-refractivity contribution in [2.45, 2.75) is 12.8 Å². The number of hydrogen-bond acceptors (Lipinski definition) is 1. The third kappa shape index (κ3) is 2.80. The number of hydrogen-bond donors (Lipinski definition) is 1. The highest BCUT2D eigenvalue weighted by Crippen LogP contribution is 2.06. The van der Waals surface area contributed by atoms with Crippen molar-refractivity contribution in [3.63, 3.8) is 0 Å². The Hall–Kier alpha value is -0.0800. The Morgan fingerprint density at radius 1 is 1.36 bits per heavy atom. The molecular weight excluding hydrogens is 136 g/mol. The van der Waals surface area contributed by atoms with Crippen LogP contribution in [0, 0.1) is 6.92 Å². The normalized spacial score (nSPS) is 23.5. The minimum atomic E-state index is 1.08. The van der Waals surface area contributed by atoms with Gasteiger partial charge in [0.25, 0.3) is 0 Å². The molecule has 1 N–H and O–H groups in total. The summed E-state index contributed by atoms with van der Waals surface area (Å²) in [4.78, 5) is 0. The SMILES string of the molecule is [CH2]CCC[N+]1(C)CCNCC1. The summed E-state index contributed by atoms with van der Waals surface area (Å²) < 4.78 is 1.25. The van der Waals surface area contributed by atoms with Crippen LogP contribution < -0.4 is 5.32 Å². The molecule has 1 saturated heterocycles. The van der Waals surface area contributed by atoms with Crippen molar-refractivity contribution < 1.29 is 4.48 Å². The zero-order chi connectivity index (χ0) is 8.16. The molecule has 1 heterocycles. The third-order valence-corrected chi connectivity index (χ3v) is 2.60. The Kier molecular flexibility index (Phi) is 3.34. The summed E-state index contributed by atoms with van der Waals surface area (Å²) in [6, 6.07) is 0. The average Bonchev–Trinajstić information content (AvgIpc) is 2.03. The van der Waals surface area contributed by atoms with E-state index >= 15 is 0 Å². The lowest BCUT2D eigenvalue weighted by Crippen LogP contribution is -2.56. The maximum atomic E-state index is 3.88. The zero-order valence-electron chi connectivity index (χ0n) is 7.60. The second kappa shape index (κ2) is 4.07. The van der Waals surface area contributed by atoms with Crippen LogP contribution in [-0.2, 0) is 0 Å². The van der Waals surface area contributed by atoms with Gasteiger partial charge >= 0.3 is 0 Å². The van der Waals surface area contributed by atoms with E-state index in [1.165, 1.54) is 43.6 Å². The van der Waals surface area contributed by atoms with E-state index < -0.39 is 0 Å². The van der Waals surface area contributed by atoms with E-state index in [4.69, 9.17) is 0 Å². The van der Waals surface area contributed by atoms with Crippen LogP contribution in [-0.4, -0.2) is 44.3 Å². The second-order valence-electron chi connectivity index (χ2n) is 3.75. The fourth-order valence-electron chi connectivity index (χ4n) is 1.65. The molecule has 0 unspecified atom stereocenters. The van der Waals surface area contributed by atoms with Crippen molar-refractivity contribution in [1.82, 2.24) is 5.32 Å². The lowest BCUT2D eigenvalue weighted by molar-refractivity contribution is -0.911. The van der Waals surface area contributed by atoms with Crippen molar-refractivity contribution in [3.8, 4) is 0 Å². The first kappa shape index (κ1) is 9.01. The van der Waals surface area contributed by atoms with Crippen LogP contribution in [0.4, 0.5) is 0 Å². The van der Waals surface area contributed by atoms with Gasteiger partial charge in [0.05, 0.1) is 26.7 Å². The highest BCUT2D eigenvalue weighted by Gasteiger charge is 2.22. The van der Waals surface area contributed by atoms with Gasteiger partial charge in [-0.3, -0.25) is 0 Å². The lowest BCUT2D eigenvalue weighted by Gasteiger charge is -2.38. The average molecular weight is 156 g/mol. The summed E-state index contributed by atoms with van der Waals surface area (Å²) in [7, 11) is 2.36. The largest absolute Gasteiger partial charge is 0.324 e. The Morgan fingerprint density at radius 3 is 2.55 bits per heavy atom. The molecule has 1 aliphatic rings. The number of nitrogens with zero attached hydrogens (tertiary/aromatic N) is 1. The van der Waals surface area contributed by atoms with Crippen molar-refractivity contribution in [2.24, 2.45) is 0 Å². The minimum absolute atomic E-state index is 1.08. The van der Waals surface area contributed by atoms with E-state index in [1.54, 1.807) is 0 Å². The zero-order valence-corrected chi connectivity index (χ0v) is 7.60. The number of quaternary nitrogens is 1. The smallest absolute Gasteiger partial charge is 0.0911 e. The number of rotatable bonds is 3. The molecule has 0 aromatic rings. The molecule has 0 aromatic heterocycles. The molecule has 2 heteroatoms. The fourth-order valence-corrected chi connectivity index (χ4v) is 1.65. The molecule has 1 aliphatic heterocycles. The Morgan fingerprint density at radius 2 is 2.00 bits per heavy atom. The van der Waals surface area contributed by atoms with Gasteiger partial charge in [0.15, 0.2) is 0 Å². The highest BCUT2D eigenvalue weighted by atomic mass is 15.4. The molecule has 0 amide bonds. The van der Waals surface area contributed by atoms with Crippen LogP contribution in [0.1, 0.15) is 12.8 Å². The number of likely N-dealkylation sites (N-methyl/N-ethyl adjacent to an activating group) is 1. The molecule has 0 saturated carbocycles. The summed E-state index contributed by atoms with van der Waals surface area (Å²) in [5, 5.41) is 3.39. The molecular formula is C9H20N2+. The second-order valence-corrected chi connectivity index (χ2v) is 3.75. The van der Waals surface area contributed by atoms with Gasteiger partial charge in [-0.25, -0.2) is 0 Å². The molecule has 65 valence electrons. The molecule has 11 heavy (non-hydrogen) atoms. The van der Waals surface area contributed by atoms with E-state index in [9.17, 15) is 0 Å². The highest BCUT2D eigenvalue weighted by molar-refractivity contribution is 4.55. The minimum Gasteiger partial charge on any atom is -0.324 e. The van der Waals surface area contributed by atoms with Crippen LogP contribution in [0.5, 0.6) is 0 Å². The van der Waals surface area contributed by atoms with Crippen LogP contribution in [0.2, 0.25) is 0 Å². The standard InChI is InChI=1S/C9H20N2/c1-3-4-7-11(2)8-5-10-6-9-11/h10H,1,3-9H2,2H3/q+1. The predicted octanol–water partition coefficient (Wildman–Crippen LogP) is 0.650. The van der Waals surface area contributed by atoms with Gasteiger partial charge in [-0.2, -0.15) is 0 Å². The van der Waals surface area contributed by atoms with Gasteiger partial charge in [-0.15, -0.1) is 0 Å². The number of piperazine rings is 1. The summed E-state index contributed by atoms with van der Waals surface area (Å²) in [5.41, 5.74) is 0.